The van der Waals surface area contributed by atoms with Crippen LogP contribution in [-0.2, 0) is 20.5 Å². The summed E-state index contributed by atoms with van der Waals surface area (Å²) in [5.41, 5.74) is 18.7. The summed E-state index contributed by atoms with van der Waals surface area (Å²) in [6.45, 7) is 16.0. The summed E-state index contributed by atoms with van der Waals surface area (Å²) in [6, 6.07) is 30.6. The van der Waals surface area contributed by atoms with Crippen molar-refractivity contribution in [3.8, 4) is 23.5 Å². The third-order valence-electron chi connectivity index (χ3n) is 12.5. The van der Waals surface area contributed by atoms with E-state index in [0.29, 0.717) is 0 Å². The number of hydrogen-bond acceptors (Lipinski definition) is 0. The van der Waals surface area contributed by atoms with Crippen LogP contribution in [0.15, 0.2) is 102 Å². The first-order valence-corrected chi connectivity index (χ1v) is 19.0. The van der Waals surface area contributed by atoms with E-state index in [1.807, 2.05) is 0 Å². The van der Waals surface area contributed by atoms with Crippen LogP contribution in [0.3, 0.4) is 0 Å². The van der Waals surface area contributed by atoms with Crippen LogP contribution in [0.1, 0.15) is 74.7 Å². The number of para-hydroxylation sites is 2. The molecule has 53 heavy (non-hydrogen) atoms. The zero-order chi connectivity index (χ0) is 36.9. The van der Waals surface area contributed by atoms with Crippen molar-refractivity contribution in [1.29, 1.82) is 0 Å². The van der Waals surface area contributed by atoms with E-state index in [0.717, 1.165) is 24.0 Å². The lowest BCUT2D eigenvalue weighted by Gasteiger charge is -2.38. The maximum absolute atomic E-state index is 4.00. The number of rotatable bonds is 2. The molecule has 2 aliphatic rings. The number of allylic oxidation sites excluding steroid dienone is 3. The molecule has 0 N–H and O–H groups in total. The number of benzene rings is 4. The van der Waals surface area contributed by atoms with Crippen molar-refractivity contribution in [2.45, 2.75) is 61.3 Å². The molecular weight excluding hydrogens is 643 g/mol. The Morgan fingerprint density at radius 2 is 1.11 bits per heavy atom. The van der Waals surface area contributed by atoms with Crippen molar-refractivity contribution in [2.75, 3.05) is 0 Å². The Hall–Kier alpha value is -5.91. The summed E-state index contributed by atoms with van der Waals surface area (Å²) in [7, 11) is 4.29. The van der Waals surface area contributed by atoms with Gasteiger partial charge < -0.3 is 18.1 Å². The quantitative estimate of drug-likeness (QED) is 0.127. The second kappa shape index (κ2) is 11.8. The maximum Gasteiger partial charge on any atom is 0.520 e. The molecule has 3 aromatic heterocycles. The first-order valence-electron chi connectivity index (χ1n) is 19.0. The van der Waals surface area contributed by atoms with Gasteiger partial charge in [-0.05, 0) is 106 Å². The summed E-state index contributed by atoms with van der Waals surface area (Å²) < 4.78 is 9.63. The largest absolute Gasteiger partial charge is 0.520 e. The van der Waals surface area contributed by atoms with Gasteiger partial charge in [-0.1, -0.05) is 50.2 Å². The molecule has 0 atom stereocenters. The van der Waals surface area contributed by atoms with Crippen LogP contribution in [-0.4, -0.2) is 30.2 Å². The van der Waals surface area contributed by atoms with Gasteiger partial charge in [0.25, 0.3) is 0 Å². The highest BCUT2D eigenvalue weighted by Gasteiger charge is 2.51. The Labute approximate surface area is 312 Å². The van der Waals surface area contributed by atoms with E-state index in [-0.39, 0.29) is 0 Å². The Kier molecular flexibility index (Phi) is 7.34. The predicted octanol–water partition coefficient (Wildman–Crippen LogP) is 10.4. The summed E-state index contributed by atoms with van der Waals surface area (Å²) in [5.74, 6) is 15.5. The third-order valence-corrected chi connectivity index (χ3v) is 12.5. The minimum absolute atomic E-state index is 0.959. The molecule has 0 fully saturated rings. The molecule has 0 unspecified atom stereocenters. The molecule has 4 aromatic carbocycles. The second-order valence-corrected chi connectivity index (χ2v) is 15.1. The fourth-order valence-electron chi connectivity index (χ4n) is 10.1. The SMILES string of the molecule is CCC1=C(C)C2=C(C)c3c(C)c(CC)c(C)n3[B-](C#Cc3ccc4c(c3)c3ccccc3n4C)(C#Cc3ccc4c(c3)c3ccccc3n4C)[N+]2=C1C. The van der Waals surface area contributed by atoms with Crippen LogP contribution in [0.25, 0.3) is 49.2 Å². The van der Waals surface area contributed by atoms with Gasteiger partial charge >= 0.3 is 6.42 Å². The molecule has 0 aliphatic carbocycles. The molecule has 0 spiro atoms. The molecule has 0 saturated heterocycles. The summed E-state index contributed by atoms with van der Waals surface area (Å²) >= 11 is 0. The van der Waals surface area contributed by atoms with Gasteiger partial charge in [0.1, 0.15) is 5.71 Å². The standard InChI is InChI=1S/C48H45BN4/c1-10-37-30(3)47-32(5)48-31(4)38(11-2)34(7)53(48)49(52(47)33(37)6,26-24-35-20-22-45-41(28-35)39-16-12-14-18-43(39)50(45)8)27-25-36-21-23-46-42(29-36)40-17-13-15-19-44(40)51(46)9/h12-23,28-29H,10-11H2,1-9H3. The van der Waals surface area contributed by atoms with Gasteiger partial charge in [-0.2, -0.15) is 11.6 Å². The van der Waals surface area contributed by atoms with E-state index in [1.165, 1.54) is 94.3 Å². The van der Waals surface area contributed by atoms with E-state index in [4.69, 9.17) is 0 Å². The maximum atomic E-state index is 4.00. The first kappa shape index (κ1) is 33.0. The average Bonchev–Trinajstić information content (AvgIpc) is 3.82. The van der Waals surface area contributed by atoms with Gasteiger partial charge in [0, 0.05) is 98.2 Å². The molecule has 0 saturated carbocycles. The average molecular weight is 689 g/mol. The number of aromatic nitrogens is 3. The Bertz CT molecular complexity index is 2860. The van der Waals surface area contributed by atoms with Gasteiger partial charge in [0.2, 0.25) is 0 Å². The smallest absolute Gasteiger partial charge is 0.435 e. The van der Waals surface area contributed by atoms with Crippen LogP contribution in [0.5, 0.6) is 0 Å². The minimum Gasteiger partial charge on any atom is -0.435 e. The minimum atomic E-state index is -2.00. The normalized spacial score (nSPS) is 15.0. The van der Waals surface area contributed by atoms with Gasteiger partial charge in [-0.3, -0.25) is 0 Å². The lowest BCUT2D eigenvalue weighted by atomic mass is 9.45. The van der Waals surface area contributed by atoms with Crippen molar-refractivity contribution in [2.24, 2.45) is 14.1 Å². The monoisotopic (exact) mass is 688 g/mol. The fraction of sp³-hybridized carbons (Fsp3) is 0.229. The topological polar surface area (TPSA) is 17.8 Å². The molecule has 4 nitrogen and oxygen atoms in total. The summed E-state index contributed by atoms with van der Waals surface area (Å²) in [5, 5.41) is 4.95. The molecule has 7 aromatic rings. The molecule has 9 rings (SSSR count). The van der Waals surface area contributed by atoms with E-state index < -0.39 is 6.42 Å². The molecule has 0 radical (unpaired) electrons. The van der Waals surface area contributed by atoms with Crippen molar-refractivity contribution in [3.05, 3.63) is 135 Å². The lowest BCUT2D eigenvalue weighted by molar-refractivity contribution is -0.330. The van der Waals surface area contributed by atoms with E-state index in [2.05, 4.69) is 189 Å². The summed E-state index contributed by atoms with van der Waals surface area (Å²) in [6.07, 6.45) is -0.0786. The Morgan fingerprint density at radius 3 is 1.62 bits per heavy atom. The molecular formula is C48H45BN4. The predicted molar refractivity (Wildman–Crippen MR) is 226 cm³/mol. The highest BCUT2D eigenvalue weighted by molar-refractivity contribution is 6.87. The van der Waals surface area contributed by atoms with Crippen molar-refractivity contribution < 1.29 is 4.49 Å². The first-order chi connectivity index (χ1) is 25.6. The van der Waals surface area contributed by atoms with Crippen molar-refractivity contribution in [3.63, 3.8) is 0 Å². The molecule has 2 aliphatic heterocycles. The van der Waals surface area contributed by atoms with Crippen molar-refractivity contribution in [1.82, 2.24) is 13.6 Å². The molecule has 5 heterocycles. The van der Waals surface area contributed by atoms with Gasteiger partial charge in [-0.25, -0.2) is 0 Å². The van der Waals surface area contributed by atoms with Crippen LogP contribution in [0, 0.1) is 37.3 Å². The fourth-order valence-corrected chi connectivity index (χ4v) is 10.1. The number of nitrogens with zero attached hydrogens (tertiary/aromatic N) is 4. The van der Waals surface area contributed by atoms with Gasteiger partial charge in [0.05, 0.1) is 0 Å². The number of fused-ring (bicyclic) bond motifs is 8. The highest BCUT2D eigenvalue weighted by atomic mass is 15.2. The Balaban J connectivity index is 1.36. The van der Waals surface area contributed by atoms with Gasteiger partial charge in [-0.15, -0.1) is 11.8 Å². The molecule has 260 valence electrons. The number of aryl methyl sites for hydroxylation is 2. The third kappa shape index (κ3) is 4.44. The Morgan fingerprint density at radius 1 is 0.604 bits per heavy atom. The zero-order valence-electron chi connectivity index (χ0n) is 32.4. The molecule has 5 heteroatoms. The van der Waals surface area contributed by atoms with Gasteiger partial charge in [0.15, 0.2) is 5.70 Å². The van der Waals surface area contributed by atoms with E-state index in [1.54, 1.807) is 0 Å². The highest BCUT2D eigenvalue weighted by Crippen LogP contribution is 2.44. The van der Waals surface area contributed by atoms with E-state index in [9.17, 15) is 0 Å². The van der Waals surface area contributed by atoms with Crippen LogP contribution < -0.4 is 0 Å². The zero-order valence-corrected chi connectivity index (χ0v) is 32.4. The number of hydrogen-bond donors (Lipinski definition) is 0. The van der Waals surface area contributed by atoms with Crippen LogP contribution in [0.2, 0.25) is 0 Å². The summed E-state index contributed by atoms with van der Waals surface area (Å²) in [4.78, 5) is 0. The van der Waals surface area contributed by atoms with Crippen LogP contribution in [0.4, 0.5) is 0 Å². The van der Waals surface area contributed by atoms with Crippen molar-refractivity contribution >= 4 is 61.3 Å². The second-order valence-electron chi connectivity index (χ2n) is 15.1. The van der Waals surface area contributed by atoms with E-state index >= 15 is 0 Å². The molecule has 0 amide bonds. The lowest BCUT2D eigenvalue weighted by Crippen LogP contribution is -2.57. The molecule has 0 bridgehead atoms. The van der Waals surface area contributed by atoms with Crippen LogP contribution >= 0.6 is 0 Å².